The van der Waals surface area contributed by atoms with Crippen LogP contribution in [0.4, 0.5) is 8.78 Å². The van der Waals surface area contributed by atoms with Crippen LogP contribution in [0.15, 0.2) is 0 Å². The fourth-order valence-corrected chi connectivity index (χ4v) is 1.48. The van der Waals surface area contributed by atoms with E-state index in [1.807, 2.05) is 0 Å². The van der Waals surface area contributed by atoms with Crippen LogP contribution in [0, 0.1) is 0 Å². The lowest BCUT2D eigenvalue weighted by Gasteiger charge is -2.15. The van der Waals surface area contributed by atoms with Crippen LogP contribution in [0.2, 0.25) is 0 Å². The summed E-state index contributed by atoms with van der Waals surface area (Å²) in [6.07, 6.45) is -0.924. The largest absolute Gasteiger partial charge is 0.468 e. The van der Waals surface area contributed by atoms with Crippen LogP contribution in [0.1, 0.15) is 6.42 Å². The van der Waals surface area contributed by atoms with Gasteiger partial charge in [-0.3, -0.25) is 4.79 Å². The van der Waals surface area contributed by atoms with Crippen LogP contribution in [0.3, 0.4) is 0 Å². The van der Waals surface area contributed by atoms with E-state index < -0.39 is 28.2 Å². The molecule has 0 aromatic heterocycles. The van der Waals surface area contributed by atoms with Crippen molar-refractivity contribution in [3.8, 4) is 0 Å². The summed E-state index contributed by atoms with van der Waals surface area (Å²) in [4.78, 5) is 21.3. The Morgan fingerprint density at radius 1 is 1.36 bits per heavy atom. The predicted octanol–water partition coefficient (Wildman–Crippen LogP) is 1.16. The van der Waals surface area contributed by atoms with Gasteiger partial charge in [-0.25, -0.2) is 4.79 Å². The maximum Gasteiger partial charge on any atom is 0.376 e. The molecule has 0 fully saturated rings. The molecule has 0 aliphatic rings. The number of carbonyl (C=O) groups excluding carboxylic acids is 2. The first kappa shape index (κ1) is 13.5. The second-order valence-electron chi connectivity index (χ2n) is 2.39. The predicted molar refractivity (Wildman–Crippen MR) is 51.4 cm³/mol. The highest BCUT2D eigenvalue weighted by atomic mass is 127. The number of alkyl halides is 3. The third-order valence-electron chi connectivity index (χ3n) is 1.38. The lowest BCUT2D eigenvalue weighted by molar-refractivity contribution is -0.170. The number of hydrogen-bond acceptors (Lipinski definition) is 4. The quantitative estimate of drug-likeness (QED) is 0.443. The van der Waals surface area contributed by atoms with Gasteiger partial charge in [0.05, 0.1) is 14.2 Å². The van der Waals surface area contributed by atoms with Gasteiger partial charge in [-0.05, 0) is 0 Å². The van der Waals surface area contributed by atoms with E-state index in [0.29, 0.717) is 0 Å². The van der Waals surface area contributed by atoms with Gasteiger partial charge in [0, 0.05) is 6.42 Å². The Hall–Kier alpha value is -0.470. The molecule has 14 heavy (non-hydrogen) atoms. The molecule has 7 heteroatoms. The van der Waals surface area contributed by atoms with Crippen molar-refractivity contribution >= 4 is 34.5 Å². The molecule has 82 valence electrons. The van der Waals surface area contributed by atoms with E-state index in [1.165, 1.54) is 22.6 Å². The SMILES string of the molecule is COC(=O)C(I)CC(F)(F)C(=O)OC. The molecule has 4 nitrogen and oxygen atoms in total. The molecule has 0 aliphatic heterocycles. The number of halogens is 3. The Labute approximate surface area is 93.1 Å². The monoisotopic (exact) mass is 322 g/mol. The zero-order chi connectivity index (χ0) is 11.4. The average Bonchev–Trinajstić information content (AvgIpc) is 2.14. The smallest absolute Gasteiger partial charge is 0.376 e. The van der Waals surface area contributed by atoms with Crippen molar-refractivity contribution < 1.29 is 27.8 Å². The van der Waals surface area contributed by atoms with Gasteiger partial charge in [-0.1, -0.05) is 22.6 Å². The fraction of sp³-hybridized carbons (Fsp3) is 0.714. The third kappa shape index (κ3) is 3.72. The van der Waals surface area contributed by atoms with Crippen molar-refractivity contribution in [1.29, 1.82) is 0 Å². The molecule has 0 radical (unpaired) electrons. The normalized spacial score (nSPS) is 13.2. The Bertz CT molecular complexity index is 232. The molecule has 0 amide bonds. The van der Waals surface area contributed by atoms with Crippen molar-refractivity contribution in [2.24, 2.45) is 0 Å². The summed E-state index contributed by atoms with van der Waals surface area (Å²) in [5, 5.41) is 0. The van der Waals surface area contributed by atoms with Gasteiger partial charge in [0.25, 0.3) is 0 Å². The summed E-state index contributed by atoms with van der Waals surface area (Å²) in [6, 6.07) is 0. The molecular formula is C7H9F2IO4. The van der Waals surface area contributed by atoms with Crippen LogP contribution < -0.4 is 0 Å². The molecule has 1 atom stereocenters. The molecule has 0 aliphatic carbocycles. The lowest BCUT2D eigenvalue weighted by Crippen LogP contribution is -2.35. The minimum atomic E-state index is -3.66. The number of esters is 2. The van der Waals surface area contributed by atoms with E-state index in [9.17, 15) is 18.4 Å². The number of carbonyl (C=O) groups is 2. The van der Waals surface area contributed by atoms with Crippen LogP contribution in [-0.4, -0.2) is 36.0 Å². The zero-order valence-electron chi connectivity index (χ0n) is 7.55. The molecular weight excluding hydrogens is 313 g/mol. The van der Waals surface area contributed by atoms with Crippen LogP contribution in [0.25, 0.3) is 0 Å². The Morgan fingerprint density at radius 3 is 2.21 bits per heavy atom. The van der Waals surface area contributed by atoms with Crippen LogP contribution in [0.5, 0.6) is 0 Å². The Morgan fingerprint density at radius 2 is 1.86 bits per heavy atom. The van der Waals surface area contributed by atoms with Gasteiger partial charge in [0.15, 0.2) is 0 Å². The van der Waals surface area contributed by atoms with E-state index >= 15 is 0 Å². The minimum absolute atomic E-state index is 0.797. The highest BCUT2D eigenvalue weighted by Gasteiger charge is 2.43. The summed E-state index contributed by atoms with van der Waals surface area (Å²) in [5.74, 6) is -6.10. The average molecular weight is 322 g/mol. The van der Waals surface area contributed by atoms with Gasteiger partial charge in [-0.15, -0.1) is 0 Å². The van der Waals surface area contributed by atoms with Crippen LogP contribution >= 0.6 is 22.6 Å². The summed E-state index contributed by atoms with van der Waals surface area (Å²) in [7, 11) is 1.95. The molecule has 1 unspecified atom stereocenters. The third-order valence-corrected chi connectivity index (χ3v) is 2.33. The molecule has 0 aromatic rings. The van der Waals surface area contributed by atoms with Crippen molar-refractivity contribution in [1.82, 2.24) is 0 Å². The Balaban J connectivity index is 4.35. The molecule has 0 aromatic carbocycles. The van der Waals surface area contributed by atoms with Gasteiger partial charge in [0.2, 0.25) is 0 Å². The summed E-state index contributed by atoms with van der Waals surface area (Å²) >= 11 is 1.48. The second kappa shape index (κ2) is 5.42. The van der Waals surface area contributed by atoms with E-state index in [1.54, 1.807) is 0 Å². The van der Waals surface area contributed by atoms with Gasteiger partial charge in [0.1, 0.15) is 3.92 Å². The molecule has 0 bridgehead atoms. The summed E-state index contributed by atoms with van der Waals surface area (Å²) < 4.78 is 32.8. The zero-order valence-corrected chi connectivity index (χ0v) is 9.71. The minimum Gasteiger partial charge on any atom is -0.468 e. The number of ether oxygens (including phenoxy) is 2. The molecule has 0 heterocycles. The maximum absolute atomic E-state index is 12.9. The standard InChI is InChI=1S/C7H9F2IO4/c1-13-5(11)4(10)3-7(8,9)6(12)14-2/h4H,3H2,1-2H3. The number of methoxy groups -OCH3 is 2. The molecule has 0 rings (SSSR count). The van der Waals surface area contributed by atoms with E-state index in [4.69, 9.17) is 0 Å². The summed E-state index contributed by atoms with van der Waals surface area (Å²) in [5.41, 5.74) is 0. The fourth-order valence-electron chi connectivity index (χ4n) is 0.669. The van der Waals surface area contributed by atoms with Crippen molar-refractivity contribution in [2.45, 2.75) is 16.3 Å². The first-order valence-corrected chi connectivity index (χ1v) is 4.78. The lowest BCUT2D eigenvalue weighted by atomic mass is 10.2. The Kier molecular flexibility index (Phi) is 5.24. The first-order chi connectivity index (χ1) is 6.35. The summed E-state index contributed by atoms with van der Waals surface area (Å²) in [6.45, 7) is 0. The van der Waals surface area contributed by atoms with E-state index in [-0.39, 0.29) is 0 Å². The van der Waals surface area contributed by atoms with Gasteiger partial charge < -0.3 is 9.47 Å². The number of hydrogen-bond donors (Lipinski definition) is 0. The first-order valence-electron chi connectivity index (χ1n) is 3.53. The highest BCUT2D eigenvalue weighted by Crippen LogP contribution is 2.26. The van der Waals surface area contributed by atoms with Crippen molar-refractivity contribution in [2.75, 3.05) is 14.2 Å². The highest BCUT2D eigenvalue weighted by molar-refractivity contribution is 14.1. The van der Waals surface area contributed by atoms with Gasteiger partial charge in [-0.2, -0.15) is 8.78 Å². The molecule has 0 spiro atoms. The topological polar surface area (TPSA) is 52.6 Å². The van der Waals surface area contributed by atoms with Crippen LogP contribution in [-0.2, 0) is 19.1 Å². The second-order valence-corrected chi connectivity index (χ2v) is 3.89. The number of rotatable bonds is 4. The maximum atomic E-state index is 12.9. The molecule has 0 N–H and O–H groups in total. The molecule has 0 saturated heterocycles. The van der Waals surface area contributed by atoms with E-state index in [2.05, 4.69) is 9.47 Å². The van der Waals surface area contributed by atoms with Crippen molar-refractivity contribution in [3.63, 3.8) is 0 Å². The van der Waals surface area contributed by atoms with E-state index in [0.717, 1.165) is 14.2 Å². The van der Waals surface area contributed by atoms with Gasteiger partial charge >= 0.3 is 17.9 Å². The molecule has 0 saturated carbocycles. The van der Waals surface area contributed by atoms with Crippen molar-refractivity contribution in [3.05, 3.63) is 0 Å².